The van der Waals surface area contributed by atoms with E-state index in [2.05, 4.69) is 0 Å². The van der Waals surface area contributed by atoms with Gasteiger partial charge in [0, 0.05) is 17.3 Å². The molecule has 0 atom stereocenters. The fourth-order valence-electron chi connectivity index (χ4n) is 2.38. The highest BCUT2D eigenvalue weighted by Crippen LogP contribution is 2.34. The number of ether oxygens (including phenoxy) is 2. The van der Waals surface area contributed by atoms with Crippen LogP contribution in [0.4, 0.5) is 0 Å². The number of nitrogens with zero attached hydrogens (tertiary/aromatic N) is 1. The van der Waals surface area contributed by atoms with Crippen LogP contribution in [0.1, 0.15) is 20.7 Å². The molecule has 0 spiro atoms. The summed E-state index contributed by atoms with van der Waals surface area (Å²) in [6.45, 7) is 1.31. The molecule has 108 valence electrons. The van der Waals surface area contributed by atoms with Crippen molar-refractivity contribution in [3.05, 3.63) is 41.5 Å². The van der Waals surface area contributed by atoms with Crippen molar-refractivity contribution >= 4 is 22.7 Å². The molecule has 3 rings (SSSR count). The lowest BCUT2D eigenvalue weighted by Crippen LogP contribution is -2.21. The Kier molecular flexibility index (Phi) is 3.35. The van der Waals surface area contributed by atoms with Crippen molar-refractivity contribution in [1.82, 2.24) is 4.90 Å². The van der Waals surface area contributed by atoms with Crippen molar-refractivity contribution < 1.29 is 19.1 Å². The molecule has 5 heteroatoms. The van der Waals surface area contributed by atoms with E-state index in [1.54, 1.807) is 24.3 Å². The van der Waals surface area contributed by atoms with Crippen LogP contribution in [0, 0.1) is 0 Å². The Bertz CT molecular complexity index is 716. The van der Waals surface area contributed by atoms with Crippen molar-refractivity contribution in [1.29, 1.82) is 0 Å². The quantitative estimate of drug-likeness (QED) is 0.636. The van der Waals surface area contributed by atoms with Crippen LogP contribution in [0.5, 0.6) is 5.75 Å². The standard InChI is InChI=1S/C16H15NO4/c1-17(2)8-9-20-13-7-6-12-14-10(13)4-3-5-11(14)15(18)21-16(12)19/h3-7H,8-9H2,1-2H3. The number of hydrogen-bond donors (Lipinski definition) is 0. The summed E-state index contributed by atoms with van der Waals surface area (Å²) in [5, 5.41) is 1.37. The summed E-state index contributed by atoms with van der Waals surface area (Å²) < 4.78 is 10.5. The van der Waals surface area contributed by atoms with E-state index in [-0.39, 0.29) is 0 Å². The molecule has 0 bridgehead atoms. The van der Waals surface area contributed by atoms with Gasteiger partial charge in [-0.05, 0) is 32.3 Å². The summed E-state index contributed by atoms with van der Waals surface area (Å²) in [5.74, 6) is -0.549. The Balaban J connectivity index is 2.08. The number of rotatable bonds is 4. The zero-order valence-electron chi connectivity index (χ0n) is 11.9. The van der Waals surface area contributed by atoms with E-state index in [4.69, 9.17) is 9.47 Å². The summed E-state index contributed by atoms with van der Waals surface area (Å²) in [4.78, 5) is 25.6. The van der Waals surface area contributed by atoms with Crippen molar-refractivity contribution in [2.75, 3.05) is 27.2 Å². The molecule has 5 nitrogen and oxygen atoms in total. The largest absolute Gasteiger partial charge is 0.492 e. The molecule has 1 aliphatic rings. The normalized spacial score (nSPS) is 13.7. The van der Waals surface area contributed by atoms with Gasteiger partial charge in [0.25, 0.3) is 0 Å². The molecule has 0 amide bonds. The zero-order valence-corrected chi connectivity index (χ0v) is 11.9. The van der Waals surface area contributed by atoms with Crippen molar-refractivity contribution in [3.63, 3.8) is 0 Å². The molecule has 0 radical (unpaired) electrons. The summed E-state index contributed by atoms with van der Waals surface area (Å²) in [7, 11) is 3.94. The minimum atomic E-state index is -0.608. The molecule has 21 heavy (non-hydrogen) atoms. The first-order chi connectivity index (χ1) is 10.1. The number of benzene rings is 2. The monoisotopic (exact) mass is 285 g/mol. The molecule has 2 aromatic carbocycles. The van der Waals surface area contributed by atoms with Gasteiger partial charge in [0.1, 0.15) is 12.4 Å². The van der Waals surface area contributed by atoms with Crippen LogP contribution in [0.25, 0.3) is 10.8 Å². The van der Waals surface area contributed by atoms with Crippen molar-refractivity contribution in [3.8, 4) is 5.75 Å². The summed E-state index contributed by atoms with van der Waals surface area (Å²) >= 11 is 0. The number of esters is 2. The first-order valence-corrected chi connectivity index (χ1v) is 6.67. The van der Waals surface area contributed by atoms with E-state index < -0.39 is 11.9 Å². The summed E-state index contributed by atoms with van der Waals surface area (Å²) in [6.07, 6.45) is 0. The van der Waals surface area contributed by atoms with Crippen LogP contribution in [-0.2, 0) is 4.74 Å². The number of likely N-dealkylation sites (N-methyl/N-ethyl adjacent to an activating group) is 1. The highest BCUT2D eigenvalue weighted by atomic mass is 16.6. The highest BCUT2D eigenvalue weighted by Gasteiger charge is 2.28. The van der Waals surface area contributed by atoms with Crippen molar-refractivity contribution in [2.24, 2.45) is 0 Å². The van der Waals surface area contributed by atoms with Gasteiger partial charge in [-0.2, -0.15) is 0 Å². The highest BCUT2D eigenvalue weighted by molar-refractivity contribution is 6.21. The van der Waals surface area contributed by atoms with Gasteiger partial charge in [-0.3, -0.25) is 0 Å². The number of cyclic esters (lactones) is 2. The van der Waals surface area contributed by atoms with Crippen LogP contribution in [0.2, 0.25) is 0 Å². The van der Waals surface area contributed by atoms with Gasteiger partial charge >= 0.3 is 11.9 Å². The van der Waals surface area contributed by atoms with Gasteiger partial charge in [0.15, 0.2) is 0 Å². The lowest BCUT2D eigenvalue weighted by atomic mass is 9.97. The topological polar surface area (TPSA) is 55.8 Å². The molecule has 0 aromatic heterocycles. The van der Waals surface area contributed by atoms with Crippen molar-refractivity contribution in [2.45, 2.75) is 0 Å². The van der Waals surface area contributed by atoms with E-state index in [0.29, 0.717) is 28.9 Å². The van der Waals surface area contributed by atoms with Gasteiger partial charge in [0.05, 0.1) is 11.1 Å². The zero-order chi connectivity index (χ0) is 15.0. The predicted octanol–water partition coefficient (Wildman–Crippen LogP) is 2.09. The second-order valence-corrected chi connectivity index (χ2v) is 5.17. The molecule has 0 unspecified atom stereocenters. The molecule has 0 aliphatic carbocycles. The maximum Gasteiger partial charge on any atom is 0.346 e. The fourth-order valence-corrected chi connectivity index (χ4v) is 2.38. The Morgan fingerprint density at radius 1 is 1.05 bits per heavy atom. The Hall–Kier alpha value is -2.40. The van der Waals surface area contributed by atoms with E-state index in [0.717, 1.165) is 11.9 Å². The van der Waals surface area contributed by atoms with Gasteiger partial charge < -0.3 is 14.4 Å². The second kappa shape index (κ2) is 5.18. The van der Waals surface area contributed by atoms with E-state index in [1.807, 2.05) is 25.1 Å². The summed E-state index contributed by atoms with van der Waals surface area (Å²) in [5.41, 5.74) is 0.806. The van der Waals surface area contributed by atoms with Crippen LogP contribution in [-0.4, -0.2) is 44.1 Å². The van der Waals surface area contributed by atoms with Gasteiger partial charge in [-0.15, -0.1) is 0 Å². The second-order valence-electron chi connectivity index (χ2n) is 5.17. The van der Waals surface area contributed by atoms with Crippen LogP contribution < -0.4 is 4.74 Å². The first kappa shape index (κ1) is 13.6. The van der Waals surface area contributed by atoms with Gasteiger partial charge in [-0.25, -0.2) is 9.59 Å². The fraction of sp³-hybridized carbons (Fsp3) is 0.250. The van der Waals surface area contributed by atoms with Crippen LogP contribution in [0.15, 0.2) is 30.3 Å². The minimum absolute atomic E-state index is 0.403. The van der Waals surface area contributed by atoms with Gasteiger partial charge in [-0.1, -0.05) is 12.1 Å². The maximum absolute atomic E-state index is 11.8. The molecule has 1 aliphatic heterocycles. The Labute approximate surface area is 122 Å². The molecule has 0 N–H and O–H groups in total. The number of hydrogen-bond acceptors (Lipinski definition) is 5. The van der Waals surface area contributed by atoms with Crippen LogP contribution >= 0.6 is 0 Å². The number of carbonyl (C=O) groups is 2. The molecule has 2 aromatic rings. The predicted molar refractivity (Wildman–Crippen MR) is 77.7 cm³/mol. The molecule has 1 heterocycles. The third kappa shape index (κ3) is 2.36. The maximum atomic E-state index is 11.8. The average molecular weight is 285 g/mol. The Morgan fingerprint density at radius 3 is 2.48 bits per heavy atom. The third-order valence-corrected chi connectivity index (χ3v) is 3.42. The third-order valence-electron chi connectivity index (χ3n) is 3.42. The molecule has 0 saturated heterocycles. The smallest absolute Gasteiger partial charge is 0.346 e. The molecule has 0 saturated carbocycles. The van der Waals surface area contributed by atoms with E-state index in [9.17, 15) is 9.59 Å². The number of carbonyl (C=O) groups excluding carboxylic acids is 2. The molecular weight excluding hydrogens is 270 g/mol. The first-order valence-electron chi connectivity index (χ1n) is 6.67. The Morgan fingerprint density at radius 2 is 1.76 bits per heavy atom. The van der Waals surface area contributed by atoms with E-state index >= 15 is 0 Å². The van der Waals surface area contributed by atoms with Gasteiger partial charge in [0.2, 0.25) is 0 Å². The molecular formula is C16H15NO4. The lowest BCUT2D eigenvalue weighted by Gasteiger charge is -2.18. The minimum Gasteiger partial charge on any atom is -0.492 e. The average Bonchev–Trinajstić information content (AvgIpc) is 2.45. The van der Waals surface area contributed by atoms with E-state index in [1.165, 1.54) is 0 Å². The van der Waals surface area contributed by atoms with Crippen LogP contribution in [0.3, 0.4) is 0 Å². The molecule has 0 fully saturated rings. The SMILES string of the molecule is CN(C)CCOc1ccc2c3c(cccc13)C(=O)OC2=O. The summed E-state index contributed by atoms with van der Waals surface area (Å²) in [6, 6.07) is 8.65. The lowest BCUT2D eigenvalue weighted by molar-refractivity contribution is 0.0391.